The van der Waals surface area contributed by atoms with Crippen LogP contribution in [0.2, 0.25) is 0 Å². The van der Waals surface area contributed by atoms with Crippen molar-refractivity contribution in [2.75, 3.05) is 20.1 Å². The Bertz CT molecular complexity index is 718. The highest BCUT2D eigenvalue weighted by Gasteiger charge is 2.14. The molecule has 0 fully saturated rings. The zero-order chi connectivity index (χ0) is 18.2. The zero-order valence-electron chi connectivity index (χ0n) is 16.2. The summed E-state index contributed by atoms with van der Waals surface area (Å²) in [4.78, 5) is 2.47. The fraction of sp³-hybridized carbons (Fsp3) is 0.360. The van der Waals surface area contributed by atoms with E-state index in [4.69, 9.17) is 0 Å². The summed E-state index contributed by atoms with van der Waals surface area (Å²) in [6.45, 7) is 4.60. The van der Waals surface area contributed by atoms with Gasteiger partial charge in [0.2, 0.25) is 0 Å². The van der Waals surface area contributed by atoms with Crippen molar-refractivity contribution in [3.8, 4) is 0 Å². The van der Waals surface area contributed by atoms with Crippen LogP contribution in [0, 0.1) is 0 Å². The predicted molar refractivity (Wildman–Crippen MR) is 115 cm³/mol. The number of hydrogen-bond donors (Lipinski definition) is 0. The number of fused-ring (bicyclic) bond motifs is 2. The maximum Gasteiger partial charge on any atom is 0.00132 e. The molecule has 0 bridgehead atoms. The number of unbranched alkanes of at least 4 members (excludes halogenated alkanes) is 3. The molecule has 0 saturated heterocycles. The van der Waals surface area contributed by atoms with Gasteiger partial charge in [0.1, 0.15) is 0 Å². The molecule has 3 rings (SSSR count). The average molecular weight is 346 g/mol. The summed E-state index contributed by atoms with van der Waals surface area (Å²) in [6.07, 6.45) is 13.4. The first-order valence-electron chi connectivity index (χ1n) is 10.0. The first-order valence-corrected chi connectivity index (χ1v) is 10.0. The largest absolute Gasteiger partial charge is 0.306 e. The lowest BCUT2D eigenvalue weighted by Gasteiger charge is -2.16. The normalized spacial score (nSPS) is 12.7. The Kier molecular flexibility index (Phi) is 6.85. The van der Waals surface area contributed by atoms with E-state index in [1.807, 2.05) is 0 Å². The second kappa shape index (κ2) is 9.54. The molecule has 2 aromatic rings. The van der Waals surface area contributed by atoms with Crippen LogP contribution in [0.25, 0.3) is 17.7 Å². The molecule has 1 aliphatic rings. The lowest BCUT2D eigenvalue weighted by atomic mass is 9.93. The van der Waals surface area contributed by atoms with Crippen LogP contribution in [0.5, 0.6) is 0 Å². The molecule has 1 heteroatoms. The van der Waals surface area contributed by atoms with Crippen molar-refractivity contribution < 1.29 is 0 Å². The van der Waals surface area contributed by atoms with Gasteiger partial charge in [-0.3, -0.25) is 0 Å². The molecule has 2 aromatic carbocycles. The quantitative estimate of drug-likeness (QED) is 0.421. The van der Waals surface area contributed by atoms with Crippen molar-refractivity contribution in [1.82, 2.24) is 4.90 Å². The Hall–Kier alpha value is -2.12. The fourth-order valence-corrected chi connectivity index (χ4v) is 3.67. The van der Waals surface area contributed by atoms with Gasteiger partial charge < -0.3 is 4.90 Å². The molecule has 0 aromatic heterocycles. The van der Waals surface area contributed by atoms with E-state index in [0.717, 1.165) is 13.0 Å². The van der Waals surface area contributed by atoms with Gasteiger partial charge in [0.25, 0.3) is 0 Å². The van der Waals surface area contributed by atoms with Crippen molar-refractivity contribution in [2.24, 2.45) is 0 Å². The summed E-state index contributed by atoms with van der Waals surface area (Å²) in [5, 5.41) is 0. The summed E-state index contributed by atoms with van der Waals surface area (Å²) in [6, 6.07) is 17.5. The van der Waals surface area contributed by atoms with E-state index in [1.54, 1.807) is 0 Å². The second-order valence-corrected chi connectivity index (χ2v) is 7.28. The minimum atomic E-state index is 1.09. The summed E-state index contributed by atoms with van der Waals surface area (Å²) in [7, 11) is 2.25. The van der Waals surface area contributed by atoms with Gasteiger partial charge in [-0.05, 0) is 54.3 Å². The van der Waals surface area contributed by atoms with Gasteiger partial charge in [-0.2, -0.15) is 0 Å². The van der Waals surface area contributed by atoms with Crippen LogP contribution in [0.1, 0.15) is 61.3 Å². The Morgan fingerprint density at radius 1 is 0.769 bits per heavy atom. The number of hydrogen-bond acceptors (Lipinski definition) is 1. The monoisotopic (exact) mass is 345 g/mol. The molecule has 0 atom stereocenters. The Labute approximate surface area is 159 Å². The van der Waals surface area contributed by atoms with E-state index in [-0.39, 0.29) is 0 Å². The molecule has 26 heavy (non-hydrogen) atoms. The van der Waals surface area contributed by atoms with Crippen molar-refractivity contribution in [1.29, 1.82) is 0 Å². The third-order valence-corrected chi connectivity index (χ3v) is 5.20. The molecule has 0 aliphatic heterocycles. The van der Waals surface area contributed by atoms with Gasteiger partial charge >= 0.3 is 0 Å². The lowest BCUT2D eigenvalue weighted by molar-refractivity contribution is 0.330. The van der Waals surface area contributed by atoms with Gasteiger partial charge in [0.15, 0.2) is 0 Å². The highest BCUT2D eigenvalue weighted by Crippen LogP contribution is 2.33. The molecule has 0 unspecified atom stereocenters. The minimum Gasteiger partial charge on any atom is -0.306 e. The molecular formula is C25H31N. The van der Waals surface area contributed by atoms with Crippen LogP contribution >= 0.6 is 0 Å². The van der Waals surface area contributed by atoms with E-state index in [9.17, 15) is 0 Å². The molecule has 0 N–H and O–H groups in total. The smallest absolute Gasteiger partial charge is 0.00132 e. The summed E-state index contributed by atoms with van der Waals surface area (Å²) in [5.41, 5.74) is 6.69. The van der Waals surface area contributed by atoms with Crippen molar-refractivity contribution in [3.05, 3.63) is 76.9 Å². The third kappa shape index (κ3) is 4.74. The molecule has 0 saturated carbocycles. The maximum absolute atomic E-state index is 2.47. The van der Waals surface area contributed by atoms with Gasteiger partial charge in [-0.1, -0.05) is 92.9 Å². The summed E-state index contributed by atoms with van der Waals surface area (Å²) < 4.78 is 0. The number of rotatable bonds is 8. The van der Waals surface area contributed by atoms with E-state index in [0.29, 0.717) is 0 Å². The Morgan fingerprint density at radius 2 is 1.38 bits per heavy atom. The van der Waals surface area contributed by atoms with Gasteiger partial charge in [0, 0.05) is 6.54 Å². The van der Waals surface area contributed by atoms with Crippen LogP contribution in [-0.4, -0.2) is 25.0 Å². The standard InChI is InChI=1S/C25H31N/c1-3-4-5-10-19-26(2)20-11-16-25-23-14-8-6-12-21(23)17-18-22-13-7-9-15-24(22)25/h6-9,12-18H,3-5,10-11,19-20H2,1-2H3. The van der Waals surface area contributed by atoms with Gasteiger partial charge in [0.05, 0.1) is 0 Å². The molecule has 0 amide bonds. The molecule has 0 spiro atoms. The topological polar surface area (TPSA) is 3.24 Å². The van der Waals surface area contributed by atoms with E-state index < -0.39 is 0 Å². The van der Waals surface area contributed by atoms with Crippen LogP contribution in [-0.2, 0) is 0 Å². The fourth-order valence-electron chi connectivity index (χ4n) is 3.67. The Balaban J connectivity index is 1.74. The van der Waals surface area contributed by atoms with Crippen LogP contribution in [0.4, 0.5) is 0 Å². The molecule has 0 radical (unpaired) electrons. The summed E-state index contributed by atoms with van der Waals surface area (Å²) in [5.74, 6) is 0. The van der Waals surface area contributed by atoms with Crippen LogP contribution < -0.4 is 0 Å². The van der Waals surface area contributed by atoms with Crippen molar-refractivity contribution in [3.63, 3.8) is 0 Å². The minimum absolute atomic E-state index is 1.09. The van der Waals surface area contributed by atoms with E-state index in [2.05, 4.69) is 85.6 Å². The maximum atomic E-state index is 2.47. The zero-order valence-corrected chi connectivity index (χ0v) is 16.2. The number of benzene rings is 2. The van der Waals surface area contributed by atoms with Crippen LogP contribution in [0.3, 0.4) is 0 Å². The van der Waals surface area contributed by atoms with E-state index in [1.165, 1.54) is 60.1 Å². The molecular weight excluding hydrogens is 314 g/mol. The summed E-state index contributed by atoms with van der Waals surface area (Å²) >= 11 is 0. The molecule has 1 aliphatic carbocycles. The average Bonchev–Trinajstić information content (AvgIpc) is 2.83. The first kappa shape index (κ1) is 18.7. The van der Waals surface area contributed by atoms with Gasteiger partial charge in [-0.15, -0.1) is 0 Å². The van der Waals surface area contributed by atoms with E-state index >= 15 is 0 Å². The third-order valence-electron chi connectivity index (χ3n) is 5.20. The SMILES string of the molecule is CCCCCCN(C)CCC=C1c2ccccc2C=Cc2ccccc21. The van der Waals surface area contributed by atoms with Crippen molar-refractivity contribution >= 4 is 17.7 Å². The first-order chi connectivity index (χ1) is 12.8. The molecule has 136 valence electrons. The van der Waals surface area contributed by atoms with Crippen molar-refractivity contribution in [2.45, 2.75) is 39.0 Å². The highest BCUT2D eigenvalue weighted by atomic mass is 15.1. The number of nitrogens with zero attached hydrogens (tertiary/aromatic N) is 1. The highest BCUT2D eigenvalue weighted by molar-refractivity contribution is 5.93. The Morgan fingerprint density at radius 3 is 2.00 bits per heavy atom. The van der Waals surface area contributed by atoms with Gasteiger partial charge in [-0.25, -0.2) is 0 Å². The predicted octanol–water partition coefficient (Wildman–Crippen LogP) is 6.50. The molecule has 0 heterocycles. The lowest BCUT2D eigenvalue weighted by Crippen LogP contribution is -2.20. The second-order valence-electron chi connectivity index (χ2n) is 7.28. The van der Waals surface area contributed by atoms with Crippen LogP contribution in [0.15, 0.2) is 54.6 Å². The molecule has 1 nitrogen and oxygen atoms in total.